The van der Waals surface area contributed by atoms with Crippen LogP contribution in [0.3, 0.4) is 0 Å². The molecular weight excluding hydrogens is 350 g/mol. The van der Waals surface area contributed by atoms with E-state index in [1.807, 2.05) is 27.7 Å². The van der Waals surface area contributed by atoms with Crippen molar-refractivity contribution in [3.05, 3.63) is 5.32 Å². The van der Waals surface area contributed by atoms with Crippen LogP contribution in [0.2, 0.25) is 0 Å². The van der Waals surface area contributed by atoms with Gasteiger partial charge >= 0.3 is 22.4 Å². The summed E-state index contributed by atoms with van der Waals surface area (Å²) >= 11 is 11.5. The fraction of sp³-hybridized carbons (Fsp3) is 1.00. The van der Waals surface area contributed by atoms with Gasteiger partial charge in [0.1, 0.15) is 0 Å². The van der Waals surface area contributed by atoms with Gasteiger partial charge in [-0.1, -0.05) is 41.5 Å². The van der Waals surface area contributed by atoms with Gasteiger partial charge in [-0.2, -0.15) is 11.3 Å². The van der Waals surface area contributed by atoms with E-state index in [2.05, 4.69) is 24.5 Å². The van der Waals surface area contributed by atoms with Crippen LogP contribution in [0.5, 0.6) is 0 Å². The molecule has 0 spiro atoms. The second-order valence-electron chi connectivity index (χ2n) is 6.25. The quantitative estimate of drug-likeness (QED) is 0.693. The van der Waals surface area contributed by atoms with Gasteiger partial charge in [-0.3, -0.25) is 0 Å². The number of rotatable bonds is 7. The van der Waals surface area contributed by atoms with E-state index in [1.165, 1.54) is 0 Å². The molecule has 1 N–H and O–H groups in total. The van der Waals surface area contributed by atoms with E-state index in [4.69, 9.17) is 28.8 Å². The molecule has 0 aromatic rings. The Morgan fingerprint density at radius 3 is 1.72 bits per heavy atom. The van der Waals surface area contributed by atoms with Crippen molar-refractivity contribution in [3.8, 4) is 0 Å². The van der Waals surface area contributed by atoms with Crippen LogP contribution >= 0.6 is 0 Å². The van der Waals surface area contributed by atoms with Crippen molar-refractivity contribution in [1.82, 2.24) is 5.32 Å². The topological polar surface area (TPSA) is 43.2 Å². The molecule has 3 nitrogen and oxygen atoms in total. The second kappa shape index (κ2) is 9.09. The Bertz CT molecular complexity index is 225. The number of nitrogens with zero attached hydrogens (tertiary/aromatic N) is 1. The van der Waals surface area contributed by atoms with Gasteiger partial charge in [0, 0.05) is 0 Å². The normalized spacial score (nSPS) is 12.8. The van der Waals surface area contributed by atoms with E-state index in [-0.39, 0.29) is 15.0 Å². The first-order valence-corrected chi connectivity index (χ1v) is 7.45. The van der Waals surface area contributed by atoms with Crippen LogP contribution in [0.15, 0.2) is 0 Å². The Morgan fingerprint density at radius 1 is 0.944 bits per heavy atom. The van der Waals surface area contributed by atoms with Crippen LogP contribution in [0, 0.1) is 0 Å². The van der Waals surface area contributed by atoms with Gasteiger partial charge < -0.3 is 35.9 Å². The van der Waals surface area contributed by atoms with E-state index in [9.17, 15) is 0 Å². The average molecular weight is 375 g/mol. The van der Waals surface area contributed by atoms with Crippen molar-refractivity contribution in [1.29, 1.82) is 0 Å². The summed E-state index contributed by atoms with van der Waals surface area (Å²) in [6, 6.07) is 0. The Labute approximate surface area is 134 Å². The molecule has 0 amide bonds. The summed E-state index contributed by atoms with van der Waals surface area (Å²) in [5, 5.41) is 8.02. The zero-order chi connectivity index (χ0) is 15.0. The van der Waals surface area contributed by atoms with E-state index in [0.717, 1.165) is 31.9 Å². The second-order valence-corrected chi connectivity index (χ2v) is 8.46. The number of hydrogen-bond acceptors (Lipinski definition) is 4. The van der Waals surface area contributed by atoms with Gasteiger partial charge in [0.15, 0.2) is 0 Å². The molecule has 0 saturated carbocycles. The first kappa shape index (κ1) is 21.4. The van der Waals surface area contributed by atoms with E-state index in [0.29, 0.717) is 6.54 Å². The van der Waals surface area contributed by atoms with Gasteiger partial charge in [-0.25, -0.2) is 0 Å². The fourth-order valence-electron chi connectivity index (χ4n) is 1.13. The summed E-state index contributed by atoms with van der Waals surface area (Å²) in [5.74, 6) is 0. The first-order valence-electron chi connectivity index (χ1n) is 5.87. The zero-order valence-corrected chi connectivity index (χ0v) is 15.7. The molecule has 0 bridgehead atoms. The van der Waals surface area contributed by atoms with Gasteiger partial charge in [-0.15, -0.1) is 10.3 Å². The van der Waals surface area contributed by atoms with Gasteiger partial charge in [0.25, 0.3) is 0 Å². The number of hydrogen-bond donors (Lipinski definition) is 1. The van der Waals surface area contributed by atoms with Crippen molar-refractivity contribution in [3.63, 3.8) is 0 Å². The minimum absolute atomic E-state index is 0.0728. The summed E-state index contributed by atoms with van der Waals surface area (Å²) in [5.41, 5.74) is -0.0728. The molecule has 0 rings (SSSR count). The molecule has 0 fully saturated rings. The van der Waals surface area contributed by atoms with Crippen LogP contribution in [0.25, 0.3) is 5.32 Å². The number of nitrogens with one attached hydrogen (secondary N) is 1. The van der Waals surface area contributed by atoms with Gasteiger partial charge in [-0.05, 0) is 13.1 Å². The molecular formula is C12H25N2OS2Tc. The molecule has 18 heavy (non-hydrogen) atoms. The van der Waals surface area contributed by atoms with Crippen LogP contribution in [0.4, 0.5) is 0 Å². The molecule has 0 atom stereocenters. The zero-order valence-electron chi connectivity index (χ0n) is 12.2. The van der Waals surface area contributed by atoms with Crippen molar-refractivity contribution in [2.24, 2.45) is 0 Å². The molecule has 6 heteroatoms. The predicted octanol–water partition coefficient (Wildman–Crippen LogP) is 2.26. The molecule has 0 aromatic heterocycles. The molecule has 0 saturated heterocycles. The van der Waals surface area contributed by atoms with E-state index < -0.39 is 0 Å². The standard InChI is InChI=1S/C12H27N2S2.O.Tc/c1-10(2,14-9-12(5,6)16)7-13-8-11(3,4)15;;/h13,15-16H,7-9H2,1-6H3;;/q-1;;+3/p-2. The maximum absolute atomic E-state index is 8.22. The maximum atomic E-state index is 8.22. The van der Waals surface area contributed by atoms with Crippen LogP contribution in [0.1, 0.15) is 41.5 Å². The third-order valence-electron chi connectivity index (χ3n) is 2.00. The Morgan fingerprint density at radius 2 is 1.39 bits per heavy atom. The van der Waals surface area contributed by atoms with E-state index >= 15 is 0 Å². The molecule has 0 unspecified atom stereocenters. The van der Waals surface area contributed by atoms with Crippen molar-refractivity contribution in [2.75, 3.05) is 19.6 Å². The van der Waals surface area contributed by atoms with Crippen LogP contribution < -0.4 is 5.32 Å². The predicted molar refractivity (Wildman–Crippen MR) is 78.7 cm³/mol. The van der Waals surface area contributed by atoms with Gasteiger partial charge in [0.2, 0.25) is 0 Å². The molecule has 0 aliphatic carbocycles. The average Bonchev–Trinajstić information content (AvgIpc) is 2.15. The molecule has 0 radical (unpaired) electrons. The summed E-state index contributed by atoms with van der Waals surface area (Å²) in [6.45, 7) is 14.8. The van der Waals surface area contributed by atoms with Crippen LogP contribution in [-0.2, 0) is 47.6 Å². The summed E-state index contributed by atoms with van der Waals surface area (Å²) in [7, 11) is 0. The summed E-state index contributed by atoms with van der Waals surface area (Å²) in [4.78, 5) is 0. The van der Waals surface area contributed by atoms with Crippen molar-refractivity contribution >= 4 is 25.3 Å². The first-order chi connectivity index (χ1) is 7.91. The van der Waals surface area contributed by atoms with E-state index in [1.54, 1.807) is 0 Å². The third-order valence-corrected chi connectivity index (χ3v) is 2.27. The monoisotopic (exact) mass is 374 g/mol. The SMILES string of the molecule is CC(C)([S-])C[N-]C(C)(C)CNCC(C)(C)[S-].[O]=[Tc+3]. The van der Waals surface area contributed by atoms with Gasteiger partial charge in [0.05, 0.1) is 0 Å². The molecule has 0 aliphatic heterocycles. The van der Waals surface area contributed by atoms with Crippen molar-refractivity contribution < 1.29 is 22.4 Å². The fourth-order valence-corrected chi connectivity index (χ4v) is 1.30. The molecule has 0 heterocycles. The Hall–Kier alpha value is 1.07. The molecule has 108 valence electrons. The Balaban J connectivity index is 0. The van der Waals surface area contributed by atoms with Crippen molar-refractivity contribution in [2.45, 2.75) is 56.6 Å². The summed E-state index contributed by atoms with van der Waals surface area (Å²) < 4.78 is 7.99. The summed E-state index contributed by atoms with van der Waals surface area (Å²) in [6.07, 6.45) is 0. The third kappa shape index (κ3) is 17.1. The minimum atomic E-state index is -0.144. The molecule has 0 aromatic carbocycles. The molecule has 0 aliphatic rings. The Kier molecular flexibility index (Phi) is 10.8. The van der Waals surface area contributed by atoms with Crippen LogP contribution in [-0.4, -0.2) is 34.7 Å².